The van der Waals surface area contributed by atoms with E-state index in [0.717, 1.165) is 19.5 Å². The van der Waals surface area contributed by atoms with Gasteiger partial charge in [-0.1, -0.05) is 0 Å². The van der Waals surface area contributed by atoms with Gasteiger partial charge in [0.25, 0.3) is 0 Å². The molecule has 0 saturated carbocycles. The van der Waals surface area contributed by atoms with Crippen molar-refractivity contribution in [2.45, 2.75) is 12.6 Å². The molecule has 0 amide bonds. The molecule has 2 nitrogen and oxygen atoms in total. The van der Waals surface area contributed by atoms with Gasteiger partial charge in [-0.25, -0.2) is 0 Å². The Balaban J connectivity index is 2.17. The summed E-state index contributed by atoms with van der Waals surface area (Å²) in [5, 5.41) is 6.41. The highest BCUT2D eigenvalue weighted by atomic mass is 15.2. The Kier molecular flexibility index (Phi) is 1.90. The summed E-state index contributed by atoms with van der Waals surface area (Å²) in [5.74, 6) is 2.58. The monoisotopic (exact) mass is 110 g/mol. The summed E-state index contributed by atoms with van der Waals surface area (Å²) >= 11 is 0. The van der Waals surface area contributed by atoms with Crippen LogP contribution in [0.4, 0.5) is 0 Å². The first kappa shape index (κ1) is 5.61. The number of hydrogen-bond donors (Lipinski definition) is 2. The number of terminal acetylenes is 1. The molecule has 1 rings (SSSR count). The topological polar surface area (TPSA) is 24.1 Å². The fourth-order valence-electron chi connectivity index (χ4n) is 0.827. The fourth-order valence-corrected chi connectivity index (χ4v) is 0.827. The average Bonchev–Trinajstić information content (AvgIpc) is 2.19. The van der Waals surface area contributed by atoms with Crippen LogP contribution < -0.4 is 10.6 Å². The third-order valence-corrected chi connectivity index (χ3v) is 1.23. The van der Waals surface area contributed by atoms with Gasteiger partial charge >= 0.3 is 0 Å². The molecule has 1 heterocycles. The van der Waals surface area contributed by atoms with Gasteiger partial charge in [-0.2, -0.15) is 0 Å². The first-order valence-corrected chi connectivity index (χ1v) is 2.83. The molecule has 8 heavy (non-hydrogen) atoms. The zero-order chi connectivity index (χ0) is 5.82. The summed E-state index contributed by atoms with van der Waals surface area (Å²) in [6.07, 6.45) is 6.24. The highest BCUT2D eigenvalue weighted by Gasteiger charge is 2.09. The zero-order valence-electron chi connectivity index (χ0n) is 4.78. The maximum atomic E-state index is 5.08. The third-order valence-electron chi connectivity index (χ3n) is 1.23. The van der Waals surface area contributed by atoms with Gasteiger partial charge in [0.05, 0.1) is 6.17 Å². The van der Waals surface area contributed by atoms with Gasteiger partial charge in [0, 0.05) is 19.5 Å². The molecule has 1 aliphatic rings. The molecule has 1 aliphatic heterocycles. The fraction of sp³-hybridized carbons (Fsp3) is 0.667. The minimum absolute atomic E-state index is 0.375. The van der Waals surface area contributed by atoms with E-state index in [-0.39, 0.29) is 0 Å². The maximum absolute atomic E-state index is 5.08. The Morgan fingerprint density at radius 2 is 2.12 bits per heavy atom. The maximum Gasteiger partial charge on any atom is 0.0684 e. The minimum Gasteiger partial charge on any atom is -0.300 e. The van der Waals surface area contributed by atoms with Crippen molar-refractivity contribution in [2.24, 2.45) is 0 Å². The largest absolute Gasteiger partial charge is 0.300 e. The summed E-state index contributed by atoms with van der Waals surface area (Å²) in [7, 11) is 0. The molecule has 0 bridgehead atoms. The quantitative estimate of drug-likeness (QED) is 0.446. The van der Waals surface area contributed by atoms with Crippen LogP contribution in [0.25, 0.3) is 0 Å². The van der Waals surface area contributed by atoms with Crippen molar-refractivity contribution in [1.29, 1.82) is 0 Å². The van der Waals surface area contributed by atoms with Gasteiger partial charge in [0.15, 0.2) is 0 Å². The van der Waals surface area contributed by atoms with Crippen LogP contribution in [0.15, 0.2) is 0 Å². The predicted octanol–water partition coefficient (Wildman–Crippen LogP) is -0.471. The van der Waals surface area contributed by atoms with Crippen molar-refractivity contribution in [1.82, 2.24) is 10.6 Å². The summed E-state index contributed by atoms with van der Waals surface area (Å²) in [6.45, 7) is 2.10. The molecule has 2 heteroatoms. The molecule has 1 fully saturated rings. The van der Waals surface area contributed by atoms with Crippen LogP contribution in [0.3, 0.4) is 0 Å². The molecular formula is C6H10N2. The van der Waals surface area contributed by atoms with Gasteiger partial charge < -0.3 is 0 Å². The highest BCUT2D eigenvalue weighted by Crippen LogP contribution is 1.88. The lowest BCUT2D eigenvalue weighted by atomic mass is 10.4. The predicted molar refractivity (Wildman–Crippen MR) is 33.2 cm³/mol. The van der Waals surface area contributed by atoms with E-state index < -0.39 is 0 Å². The van der Waals surface area contributed by atoms with E-state index in [9.17, 15) is 0 Å². The lowest BCUT2D eigenvalue weighted by Gasteiger charge is -2.03. The Bertz CT molecular complexity index is 97.6. The van der Waals surface area contributed by atoms with E-state index in [2.05, 4.69) is 16.6 Å². The van der Waals surface area contributed by atoms with Crippen LogP contribution in [0, 0.1) is 12.3 Å². The molecule has 1 saturated heterocycles. The van der Waals surface area contributed by atoms with Gasteiger partial charge in [-0.15, -0.1) is 12.3 Å². The van der Waals surface area contributed by atoms with E-state index in [4.69, 9.17) is 6.42 Å². The molecular weight excluding hydrogens is 100 g/mol. The second-order valence-corrected chi connectivity index (χ2v) is 1.87. The van der Waals surface area contributed by atoms with Crippen LogP contribution in [-0.2, 0) is 0 Å². The molecule has 0 aliphatic carbocycles. The standard InChI is InChI=1S/C6H10N2/c1-2-3-6-7-4-5-8-6/h1,6-8H,3-5H2. The average molecular weight is 110 g/mol. The Hall–Kier alpha value is -0.520. The number of nitrogens with one attached hydrogen (secondary N) is 2. The van der Waals surface area contributed by atoms with Crippen LogP contribution in [0.1, 0.15) is 6.42 Å². The van der Waals surface area contributed by atoms with E-state index >= 15 is 0 Å². The van der Waals surface area contributed by atoms with Crippen molar-refractivity contribution in [3.05, 3.63) is 0 Å². The molecule has 2 N–H and O–H groups in total. The minimum atomic E-state index is 0.375. The van der Waals surface area contributed by atoms with Crippen molar-refractivity contribution in [2.75, 3.05) is 13.1 Å². The SMILES string of the molecule is C#CCC1NCCN1. The number of hydrogen-bond acceptors (Lipinski definition) is 2. The van der Waals surface area contributed by atoms with Crippen LogP contribution in [0.5, 0.6) is 0 Å². The van der Waals surface area contributed by atoms with E-state index in [1.165, 1.54) is 0 Å². The Morgan fingerprint density at radius 3 is 2.62 bits per heavy atom. The smallest absolute Gasteiger partial charge is 0.0684 e. The summed E-state index contributed by atoms with van der Waals surface area (Å²) in [5.41, 5.74) is 0. The van der Waals surface area contributed by atoms with Crippen molar-refractivity contribution in [3.8, 4) is 12.3 Å². The van der Waals surface area contributed by atoms with Gasteiger partial charge in [-0.3, -0.25) is 10.6 Å². The van der Waals surface area contributed by atoms with Gasteiger partial charge in [-0.05, 0) is 0 Å². The Labute approximate surface area is 49.7 Å². The summed E-state index contributed by atoms with van der Waals surface area (Å²) < 4.78 is 0. The third kappa shape index (κ3) is 1.22. The summed E-state index contributed by atoms with van der Waals surface area (Å²) in [6, 6.07) is 0. The van der Waals surface area contributed by atoms with E-state index in [1.54, 1.807) is 0 Å². The van der Waals surface area contributed by atoms with Crippen molar-refractivity contribution in [3.63, 3.8) is 0 Å². The Morgan fingerprint density at radius 1 is 1.50 bits per heavy atom. The highest BCUT2D eigenvalue weighted by molar-refractivity contribution is 4.90. The first-order chi connectivity index (χ1) is 3.93. The zero-order valence-corrected chi connectivity index (χ0v) is 4.78. The number of rotatable bonds is 1. The molecule has 0 radical (unpaired) electrons. The molecule has 0 aromatic rings. The molecule has 0 aromatic carbocycles. The lowest BCUT2D eigenvalue weighted by Crippen LogP contribution is -2.29. The first-order valence-electron chi connectivity index (χ1n) is 2.83. The van der Waals surface area contributed by atoms with Crippen LogP contribution >= 0.6 is 0 Å². The molecule has 0 unspecified atom stereocenters. The van der Waals surface area contributed by atoms with Crippen molar-refractivity contribution < 1.29 is 0 Å². The molecule has 0 aromatic heterocycles. The second kappa shape index (κ2) is 2.71. The van der Waals surface area contributed by atoms with Gasteiger partial charge in [0.1, 0.15) is 0 Å². The normalized spacial score (nSPS) is 20.9. The molecule has 0 spiro atoms. The summed E-state index contributed by atoms with van der Waals surface area (Å²) in [4.78, 5) is 0. The molecule has 44 valence electrons. The second-order valence-electron chi connectivity index (χ2n) is 1.87. The van der Waals surface area contributed by atoms with E-state index in [0.29, 0.717) is 6.17 Å². The van der Waals surface area contributed by atoms with Crippen LogP contribution in [0.2, 0.25) is 0 Å². The molecule has 0 atom stereocenters. The van der Waals surface area contributed by atoms with Gasteiger partial charge in [0.2, 0.25) is 0 Å². The lowest BCUT2D eigenvalue weighted by molar-refractivity contribution is 0.568. The van der Waals surface area contributed by atoms with Crippen LogP contribution in [-0.4, -0.2) is 19.3 Å². The van der Waals surface area contributed by atoms with E-state index in [1.807, 2.05) is 0 Å². The van der Waals surface area contributed by atoms with Crippen molar-refractivity contribution >= 4 is 0 Å².